The van der Waals surface area contributed by atoms with E-state index < -0.39 is 17.9 Å². The van der Waals surface area contributed by atoms with Crippen molar-refractivity contribution in [2.24, 2.45) is 5.73 Å². The van der Waals surface area contributed by atoms with Crippen molar-refractivity contribution in [3.8, 4) is 23.7 Å². The van der Waals surface area contributed by atoms with E-state index in [0.717, 1.165) is 18.5 Å². The van der Waals surface area contributed by atoms with E-state index in [1.165, 1.54) is 5.48 Å². The van der Waals surface area contributed by atoms with Gasteiger partial charge in [-0.25, -0.2) is 5.48 Å². The topological polar surface area (TPSA) is 146 Å². The highest BCUT2D eigenvalue weighted by Gasteiger charge is 2.19. The van der Waals surface area contributed by atoms with Crippen molar-refractivity contribution >= 4 is 23.4 Å². The Labute approximate surface area is 205 Å². The van der Waals surface area contributed by atoms with E-state index in [9.17, 15) is 14.4 Å². The third-order valence-corrected chi connectivity index (χ3v) is 4.47. The Hall–Kier alpha value is -4.15. The lowest BCUT2D eigenvalue weighted by molar-refractivity contribution is -0.130. The van der Waals surface area contributed by atoms with E-state index in [4.69, 9.17) is 10.9 Å². The van der Waals surface area contributed by atoms with Gasteiger partial charge in [0.25, 0.3) is 11.8 Å². The van der Waals surface area contributed by atoms with E-state index in [1.54, 1.807) is 48.5 Å². The third kappa shape index (κ3) is 10.1. The van der Waals surface area contributed by atoms with Crippen LogP contribution in [0.15, 0.2) is 48.5 Å². The van der Waals surface area contributed by atoms with Crippen LogP contribution in [-0.4, -0.2) is 48.6 Å². The molecule has 2 aromatic carbocycles. The highest BCUT2D eigenvalue weighted by atomic mass is 16.5. The van der Waals surface area contributed by atoms with Crippen LogP contribution in [0.4, 0.5) is 5.69 Å². The molecule has 0 saturated heterocycles. The highest BCUT2D eigenvalue weighted by Crippen LogP contribution is 2.08. The predicted octanol–water partition coefficient (Wildman–Crippen LogP) is 1.23. The highest BCUT2D eigenvalue weighted by molar-refractivity contribution is 5.97. The average molecular weight is 478 g/mol. The fourth-order valence-electron chi connectivity index (χ4n) is 2.68. The van der Waals surface area contributed by atoms with Gasteiger partial charge >= 0.3 is 0 Å². The molecular formula is C26H31N5O4. The number of nitrogens with one attached hydrogen (secondary N) is 4. The van der Waals surface area contributed by atoms with Gasteiger partial charge in [-0.2, -0.15) is 0 Å². The molecule has 9 nitrogen and oxygen atoms in total. The summed E-state index contributed by atoms with van der Waals surface area (Å²) in [5.74, 6) is 9.93. The van der Waals surface area contributed by atoms with Gasteiger partial charge in [-0.3, -0.25) is 19.6 Å². The minimum Gasteiger partial charge on any atom is -0.339 e. The normalized spacial score (nSPS) is 10.3. The van der Waals surface area contributed by atoms with Crippen LogP contribution < -0.4 is 27.2 Å². The zero-order valence-corrected chi connectivity index (χ0v) is 18.8. The Bertz CT molecular complexity index is 1110. The Morgan fingerprint density at radius 3 is 2.06 bits per heavy atom. The van der Waals surface area contributed by atoms with Crippen molar-refractivity contribution in [1.29, 1.82) is 0 Å². The monoisotopic (exact) mass is 477 g/mol. The van der Waals surface area contributed by atoms with Crippen molar-refractivity contribution in [1.82, 2.24) is 16.1 Å². The molecule has 0 unspecified atom stereocenters. The standard InChI is InChI=1S/C25H27N5O4.CH4/c1-2-15-27-17-23(31)28-21-13-9-19(10-14-21)6-4-3-5-18-7-11-20(12-8-18)24(32)29-22(16-26)25(33)30-34;/h7-14,22,27,34H,2,15-17,26H2,1H3,(H,28,31)(H,29,32)(H,30,33);1H4/t22-;/m0./s1. The van der Waals surface area contributed by atoms with Gasteiger partial charge in [-0.1, -0.05) is 26.2 Å². The summed E-state index contributed by atoms with van der Waals surface area (Å²) in [4.78, 5) is 35.4. The fraction of sp³-hybridized carbons (Fsp3) is 0.269. The maximum absolute atomic E-state index is 12.2. The summed E-state index contributed by atoms with van der Waals surface area (Å²) in [5, 5.41) is 16.9. The smallest absolute Gasteiger partial charge is 0.267 e. The Morgan fingerprint density at radius 1 is 0.971 bits per heavy atom. The van der Waals surface area contributed by atoms with Gasteiger partial charge in [0.1, 0.15) is 6.04 Å². The molecule has 0 aliphatic rings. The quantitative estimate of drug-likeness (QED) is 0.139. The van der Waals surface area contributed by atoms with E-state index in [0.29, 0.717) is 16.8 Å². The van der Waals surface area contributed by atoms with Gasteiger partial charge in [0.05, 0.1) is 6.54 Å². The number of hydrogen-bond acceptors (Lipinski definition) is 6. The SMILES string of the molecule is C.CCCNCC(=O)Nc1ccc(C#CC#Cc2ccc(C(=O)N[C@@H](CN)C(=O)NO)cc2)cc1. The van der Waals surface area contributed by atoms with Crippen LogP contribution in [-0.2, 0) is 9.59 Å². The van der Waals surface area contributed by atoms with Gasteiger partial charge in [0, 0.05) is 28.9 Å². The minimum absolute atomic E-state index is 0. The number of carbonyl (C=O) groups excluding carboxylic acids is 3. The number of benzene rings is 2. The second-order valence-electron chi connectivity index (χ2n) is 7.12. The summed E-state index contributed by atoms with van der Waals surface area (Å²) in [7, 11) is 0. The van der Waals surface area contributed by atoms with Crippen molar-refractivity contribution in [3.63, 3.8) is 0 Å². The van der Waals surface area contributed by atoms with Gasteiger partial charge in [-0.15, -0.1) is 0 Å². The summed E-state index contributed by atoms with van der Waals surface area (Å²) in [6.07, 6.45) is 0.967. The van der Waals surface area contributed by atoms with Crippen LogP contribution in [0.25, 0.3) is 0 Å². The van der Waals surface area contributed by atoms with E-state index in [1.807, 2.05) is 6.92 Å². The molecule has 0 fully saturated rings. The molecule has 184 valence electrons. The Kier molecular flexibility index (Phi) is 12.9. The Morgan fingerprint density at radius 2 is 1.54 bits per heavy atom. The first kappa shape index (κ1) is 28.9. The number of rotatable bonds is 9. The lowest BCUT2D eigenvalue weighted by Gasteiger charge is -2.14. The van der Waals surface area contributed by atoms with Crippen molar-refractivity contribution in [2.75, 3.05) is 25.0 Å². The molecule has 0 radical (unpaired) electrons. The van der Waals surface area contributed by atoms with Crippen LogP contribution >= 0.6 is 0 Å². The molecule has 1 atom stereocenters. The van der Waals surface area contributed by atoms with Crippen LogP contribution in [0.3, 0.4) is 0 Å². The molecule has 2 aromatic rings. The first-order chi connectivity index (χ1) is 16.5. The molecule has 0 heterocycles. The van der Waals surface area contributed by atoms with Crippen molar-refractivity contribution in [2.45, 2.75) is 26.8 Å². The first-order valence-electron chi connectivity index (χ1n) is 10.6. The maximum atomic E-state index is 12.2. The van der Waals surface area contributed by atoms with Crippen molar-refractivity contribution in [3.05, 3.63) is 65.2 Å². The molecular weight excluding hydrogens is 446 g/mol. The molecule has 3 amide bonds. The summed E-state index contributed by atoms with van der Waals surface area (Å²) >= 11 is 0. The number of nitrogens with two attached hydrogens (primary N) is 1. The molecule has 9 heteroatoms. The summed E-state index contributed by atoms with van der Waals surface area (Å²) in [5.41, 5.74) is 9.30. The van der Waals surface area contributed by atoms with Crippen LogP contribution in [0, 0.1) is 23.7 Å². The third-order valence-electron chi connectivity index (χ3n) is 4.47. The second-order valence-corrected chi connectivity index (χ2v) is 7.12. The summed E-state index contributed by atoms with van der Waals surface area (Å²) in [6.45, 7) is 2.94. The van der Waals surface area contributed by atoms with Gasteiger partial charge in [0.15, 0.2) is 0 Å². The lowest BCUT2D eigenvalue weighted by atomic mass is 10.1. The molecule has 0 bridgehead atoms. The molecule has 2 rings (SSSR count). The molecule has 0 spiro atoms. The van der Waals surface area contributed by atoms with E-state index >= 15 is 0 Å². The van der Waals surface area contributed by atoms with Gasteiger partial charge in [-0.05, 0) is 73.3 Å². The fourth-order valence-corrected chi connectivity index (χ4v) is 2.68. The van der Waals surface area contributed by atoms with E-state index in [-0.39, 0.29) is 26.4 Å². The molecule has 35 heavy (non-hydrogen) atoms. The predicted molar refractivity (Wildman–Crippen MR) is 135 cm³/mol. The minimum atomic E-state index is -1.04. The van der Waals surface area contributed by atoms with Crippen LogP contribution in [0.1, 0.15) is 42.3 Å². The maximum Gasteiger partial charge on any atom is 0.267 e. The zero-order chi connectivity index (χ0) is 24.8. The van der Waals surface area contributed by atoms with Crippen molar-refractivity contribution < 1.29 is 19.6 Å². The van der Waals surface area contributed by atoms with E-state index in [2.05, 4.69) is 39.6 Å². The molecule has 0 aliphatic carbocycles. The number of carbonyl (C=O) groups is 3. The lowest BCUT2D eigenvalue weighted by Crippen LogP contribution is -2.50. The number of hydroxylamine groups is 1. The number of hydrogen-bond donors (Lipinski definition) is 6. The molecule has 0 aromatic heterocycles. The van der Waals surface area contributed by atoms with Crippen LogP contribution in [0.2, 0.25) is 0 Å². The number of amides is 3. The van der Waals surface area contributed by atoms with Gasteiger partial charge < -0.3 is 21.7 Å². The zero-order valence-electron chi connectivity index (χ0n) is 18.8. The molecule has 7 N–H and O–H groups in total. The summed E-state index contributed by atoms with van der Waals surface area (Å²) in [6, 6.07) is 12.5. The average Bonchev–Trinajstić information content (AvgIpc) is 2.86. The largest absolute Gasteiger partial charge is 0.339 e. The van der Waals surface area contributed by atoms with Crippen LogP contribution in [0.5, 0.6) is 0 Å². The van der Waals surface area contributed by atoms with Gasteiger partial charge in [0.2, 0.25) is 5.91 Å². The summed E-state index contributed by atoms with van der Waals surface area (Å²) < 4.78 is 0. The first-order valence-corrected chi connectivity index (χ1v) is 10.6. The molecule has 0 aliphatic heterocycles. The Balaban J connectivity index is 0.00000612. The number of anilines is 1. The molecule has 0 saturated carbocycles. The second kappa shape index (κ2) is 15.6.